The van der Waals surface area contributed by atoms with Crippen molar-refractivity contribution in [3.05, 3.63) is 52.0 Å². The molecule has 0 aliphatic carbocycles. The zero-order valence-electron chi connectivity index (χ0n) is 11.8. The van der Waals surface area contributed by atoms with Gasteiger partial charge in [0, 0.05) is 30.7 Å². The Morgan fingerprint density at radius 2 is 2.10 bits per heavy atom. The van der Waals surface area contributed by atoms with Gasteiger partial charge in [0.15, 0.2) is 0 Å². The number of nitrogens with zero attached hydrogens (tertiary/aromatic N) is 1. The maximum Gasteiger partial charge on any atom is 0.261 e. The number of carbonyl (C=O) groups is 2. The minimum absolute atomic E-state index is 0.0779. The highest BCUT2D eigenvalue weighted by molar-refractivity contribution is 7.14. The molecular weight excluding hydrogens is 286 g/mol. The van der Waals surface area contributed by atoms with E-state index in [4.69, 9.17) is 0 Å². The molecule has 0 aliphatic rings. The Hall–Kier alpha value is -2.21. The summed E-state index contributed by atoms with van der Waals surface area (Å²) in [5.74, 6) is -0.163. The van der Waals surface area contributed by atoms with E-state index in [0.717, 1.165) is 16.9 Å². The first kappa shape index (κ1) is 15.2. The molecule has 2 aromatic rings. The Morgan fingerprint density at radius 3 is 2.81 bits per heavy atom. The molecule has 110 valence electrons. The van der Waals surface area contributed by atoms with Crippen LogP contribution in [0.1, 0.15) is 27.0 Å². The lowest BCUT2D eigenvalue weighted by atomic mass is 10.2. The lowest BCUT2D eigenvalue weighted by Gasteiger charge is -2.03. The van der Waals surface area contributed by atoms with E-state index in [1.54, 1.807) is 18.5 Å². The van der Waals surface area contributed by atoms with Crippen molar-refractivity contribution in [3.8, 4) is 0 Å². The van der Waals surface area contributed by atoms with Crippen LogP contribution in [-0.4, -0.2) is 23.3 Å². The second kappa shape index (κ2) is 7.54. The highest BCUT2D eigenvalue weighted by Crippen LogP contribution is 2.16. The van der Waals surface area contributed by atoms with Crippen molar-refractivity contribution >= 4 is 23.2 Å². The summed E-state index contributed by atoms with van der Waals surface area (Å²) in [5.41, 5.74) is 1.09. The number of hydrogen-bond donors (Lipinski definition) is 2. The quantitative estimate of drug-likeness (QED) is 0.854. The maximum atomic E-state index is 12.0. The second-order valence-corrected chi connectivity index (χ2v) is 5.71. The number of pyridine rings is 1. The molecular formula is C15H17N3O2S. The van der Waals surface area contributed by atoms with E-state index >= 15 is 0 Å². The number of hydrogen-bond acceptors (Lipinski definition) is 4. The lowest BCUT2D eigenvalue weighted by Crippen LogP contribution is -2.24. The average Bonchev–Trinajstić information content (AvgIpc) is 2.95. The number of aromatic nitrogens is 1. The molecule has 2 amide bonds. The number of nitrogens with one attached hydrogen (secondary N) is 2. The highest BCUT2D eigenvalue weighted by Gasteiger charge is 2.08. The summed E-state index contributed by atoms with van der Waals surface area (Å²) in [6.07, 6.45) is 4.27. The third-order valence-electron chi connectivity index (χ3n) is 2.82. The van der Waals surface area contributed by atoms with Crippen LogP contribution in [0.3, 0.4) is 0 Å². The van der Waals surface area contributed by atoms with Gasteiger partial charge in [0.05, 0.1) is 11.4 Å². The third-order valence-corrected chi connectivity index (χ3v) is 3.90. The number of thiophene rings is 1. The zero-order chi connectivity index (χ0) is 15.1. The highest BCUT2D eigenvalue weighted by atomic mass is 32.1. The van der Waals surface area contributed by atoms with Crippen LogP contribution in [0.15, 0.2) is 36.7 Å². The fourth-order valence-corrected chi connectivity index (χ4v) is 2.62. The summed E-state index contributed by atoms with van der Waals surface area (Å²) in [6, 6.07) is 7.50. The van der Waals surface area contributed by atoms with Crippen molar-refractivity contribution in [3.63, 3.8) is 0 Å². The minimum Gasteiger partial charge on any atom is -0.351 e. The number of amides is 2. The van der Waals surface area contributed by atoms with Crippen molar-refractivity contribution in [1.29, 1.82) is 0 Å². The molecule has 2 N–H and O–H groups in total. The largest absolute Gasteiger partial charge is 0.351 e. The Kier molecular flexibility index (Phi) is 5.45. The van der Waals surface area contributed by atoms with Gasteiger partial charge in [0.1, 0.15) is 0 Å². The van der Waals surface area contributed by atoms with E-state index in [0.29, 0.717) is 18.0 Å². The van der Waals surface area contributed by atoms with Crippen LogP contribution in [-0.2, 0) is 17.8 Å². The SMILES string of the molecule is CC(=O)NCc1ccc(C(=O)NCCc2cccnc2)s1. The van der Waals surface area contributed by atoms with Gasteiger partial charge < -0.3 is 10.6 Å². The normalized spacial score (nSPS) is 10.1. The second-order valence-electron chi connectivity index (χ2n) is 4.54. The van der Waals surface area contributed by atoms with E-state index in [1.807, 2.05) is 18.2 Å². The van der Waals surface area contributed by atoms with Gasteiger partial charge in [0.25, 0.3) is 5.91 Å². The van der Waals surface area contributed by atoms with Crippen LogP contribution >= 0.6 is 11.3 Å². The summed E-state index contributed by atoms with van der Waals surface area (Å²) < 4.78 is 0. The van der Waals surface area contributed by atoms with Crippen LogP contribution in [0.25, 0.3) is 0 Å². The van der Waals surface area contributed by atoms with Crippen LogP contribution in [0, 0.1) is 0 Å². The van der Waals surface area contributed by atoms with Crippen molar-refractivity contribution in [1.82, 2.24) is 15.6 Å². The summed E-state index contributed by atoms with van der Waals surface area (Å²) in [4.78, 5) is 28.5. The molecule has 2 heterocycles. The molecule has 0 saturated carbocycles. The summed E-state index contributed by atoms with van der Waals surface area (Å²) >= 11 is 1.39. The predicted octanol–water partition coefficient (Wildman–Crippen LogP) is 1.75. The molecule has 2 rings (SSSR count). The molecule has 0 unspecified atom stereocenters. The average molecular weight is 303 g/mol. The van der Waals surface area contributed by atoms with Gasteiger partial charge in [-0.05, 0) is 30.2 Å². The Morgan fingerprint density at radius 1 is 1.24 bits per heavy atom. The predicted molar refractivity (Wildman–Crippen MR) is 82.1 cm³/mol. The molecule has 0 spiro atoms. The summed E-state index contributed by atoms with van der Waals surface area (Å²) in [7, 11) is 0. The molecule has 0 atom stereocenters. The molecule has 0 aliphatic heterocycles. The first-order chi connectivity index (χ1) is 10.1. The molecule has 0 bridgehead atoms. The van der Waals surface area contributed by atoms with Crippen molar-refractivity contribution in [2.24, 2.45) is 0 Å². The minimum atomic E-state index is -0.0852. The van der Waals surface area contributed by atoms with E-state index in [9.17, 15) is 9.59 Å². The maximum absolute atomic E-state index is 12.0. The van der Waals surface area contributed by atoms with Gasteiger partial charge in [-0.25, -0.2) is 0 Å². The van der Waals surface area contributed by atoms with Crippen LogP contribution in [0.2, 0.25) is 0 Å². The Balaban J connectivity index is 1.79. The fraction of sp³-hybridized carbons (Fsp3) is 0.267. The number of carbonyl (C=O) groups excluding carboxylic acids is 2. The summed E-state index contributed by atoms with van der Waals surface area (Å²) in [5, 5.41) is 5.59. The zero-order valence-corrected chi connectivity index (χ0v) is 12.6. The van der Waals surface area contributed by atoms with Gasteiger partial charge in [-0.2, -0.15) is 0 Å². The van der Waals surface area contributed by atoms with Gasteiger partial charge in [-0.1, -0.05) is 6.07 Å². The van der Waals surface area contributed by atoms with Gasteiger partial charge in [0.2, 0.25) is 5.91 Å². The molecule has 5 nitrogen and oxygen atoms in total. The molecule has 2 aromatic heterocycles. The Labute approximate surface area is 127 Å². The van der Waals surface area contributed by atoms with Crippen molar-refractivity contribution < 1.29 is 9.59 Å². The smallest absolute Gasteiger partial charge is 0.261 e. The van der Waals surface area contributed by atoms with Crippen molar-refractivity contribution in [2.75, 3.05) is 6.54 Å². The molecule has 6 heteroatoms. The van der Waals surface area contributed by atoms with Gasteiger partial charge >= 0.3 is 0 Å². The molecule has 21 heavy (non-hydrogen) atoms. The first-order valence-electron chi connectivity index (χ1n) is 6.65. The van der Waals surface area contributed by atoms with Crippen LogP contribution in [0.5, 0.6) is 0 Å². The fourth-order valence-electron chi connectivity index (χ4n) is 1.76. The van der Waals surface area contributed by atoms with Crippen LogP contribution in [0.4, 0.5) is 0 Å². The molecule has 0 radical (unpaired) electrons. The monoisotopic (exact) mass is 303 g/mol. The molecule has 0 fully saturated rings. The van der Waals surface area contributed by atoms with E-state index in [-0.39, 0.29) is 11.8 Å². The number of rotatable bonds is 6. The van der Waals surface area contributed by atoms with Crippen LogP contribution < -0.4 is 10.6 Å². The summed E-state index contributed by atoms with van der Waals surface area (Å²) in [6.45, 7) is 2.51. The van der Waals surface area contributed by atoms with Crippen molar-refractivity contribution in [2.45, 2.75) is 19.9 Å². The van der Waals surface area contributed by atoms with Gasteiger partial charge in [-0.15, -0.1) is 11.3 Å². The lowest BCUT2D eigenvalue weighted by molar-refractivity contribution is -0.119. The van der Waals surface area contributed by atoms with E-state index < -0.39 is 0 Å². The van der Waals surface area contributed by atoms with E-state index in [1.165, 1.54) is 18.3 Å². The third kappa shape index (κ3) is 5.00. The first-order valence-corrected chi connectivity index (χ1v) is 7.47. The van der Waals surface area contributed by atoms with Gasteiger partial charge in [-0.3, -0.25) is 14.6 Å². The molecule has 0 aromatic carbocycles. The topological polar surface area (TPSA) is 71.1 Å². The molecule has 0 saturated heterocycles. The Bertz CT molecular complexity index is 610. The standard InChI is InChI=1S/C15H17N3O2S/c1-11(19)18-10-13-4-5-14(21-13)15(20)17-8-6-12-3-2-7-16-9-12/h2-5,7,9H,6,8,10H2,1H3,(H,17,20)(H,18,19). The van der Waals surface area contributed by atoms with E-state index in [2.05, 4.69) is 15.6 Å².